The minimum absolute atomic E-state index is 0.482. The standard InChI is InChI=1S/C15H26N4/c1-2-3-4-5-6-7-13-17-18-15-14(12-8-9-12)16-10-11-19(13)15/h12,14,16H,2-11H2,1H3. The monoisotopic (exact) mass is 262 g/mol. The van der Waals surface area contributed by atoms with Gasteiger partial charge in [0.15, 0.2) is 5.82 Å². The first-order valence-corrected chi connectivity index (χ1v) is 8.05. The number of aromatic nitrogens is 3. The SMILES string of the molecule is CCCCCCCc1nnc2n1CCNC2C1CC1. The summed E-state index contributed by atoms with van der Waals surface area (Å²) in [6.07, 6.45) is 10.5. The molecule has 0 radical (unpaired) electrons. The van der Waals surface area contributed by atoms with E-state index in [4.69, 9.17) is 0 Å². The number of hydrogen-bond acceptors (Lipinski definition) is 3. The van der Waals surface area contributed by atoms with E-state index in [0.717, 1.165) is 25.4 Å². The molecule has 3 rings (SSSR count). The number of aryl methyl sites for hydroxylation is 1. The van der Waals surface area contributed by atoms with Crippen molar-refractivity contribution < 1.29 is 0 Å². The Bertz CT molecular complexity index is 408. The van der Waals surface area contributed by atoms with Gasteiger partial charge in [-0.05, 0) is 25.2 Å². The smallest absolute Gasteiger partial charge is 0.150 e. The van der Waals surface area contributed by atoms with E-state index < -0.39 is 0 Å². The van der Waals surface area contributed by atoms with Crippen molar-refractivity contribution >= 4 is 0 Å². The summed E-state index contributed by atoms with van der Waals surface area (Å²) in [4.78, 5) is 0. The van der Waals surface area contributed by atoms with Gasteiger partial charge in [0.05, 0.1) is 6.04 Å². The molecule has 1 aromatic rings. The van der Waals surface area contributed by atoms with Crippen LogP contribution in [0.25, 0.3) is 0 Å². The molecule has 0 aromatic carbocycles. The fraction of sp³-hybridized carbons (Fsp3) is 0.867. The molecule has 4 nitrogen and oxygen atoms in total. The maximum absolute atomic E-state index is 4.46. The Labute approximate surface area is 116 Å². The summed E-state index contributed by atoms with van der Waals surface area (Å²) >= 11 is 0. The van der Waals surface area contributed by atoms with Gasteiger partial charge in [-0.25, -0.2) is 0 Å². The fourth-order valence-corrected chi connectivity index (χ4v) is 3.12. The number of unbranched alkanes of at least 4 members (excludes halogenated alkanes) is 4. The topological polar surface area (TPSA) is 42.7 Å². The molecule has 1 unspecified atom stereocenters. The summed E-state index contributed by atoms with van der Waals surface area (Å²) in [7, 11) is 0. The lowest BCUT2D eigenvalue weighted by Gasteiger charge is -2.25. The number of nitrogens with one attached hydrogen (secondary N) is 1. The maximum Gasteiger partial charge on any atom is 0.150 e. The summed E-state index contributed by atoms with van der Waals surface area (Å²) in [6.45, 7) is 4.39. The van der Waals surface area contributed by atoms with Gasteiger partial charge in [-0.15, -0.1) is 10.2 Å². The maximum atomic E-state index is 4.46. The molecule has 0 saturated heterocycles. The Morgan fingerprint density at radius 2 is 2.00 bits per heavy atom. The summed E-state index contributed by atoms with van der Waals surface area (Å²) in [6, 6.07) is 0.482. The second-order valence-corrected chi connectivity index (χ2v) is 6.06. The zero-order valence-corrected chi connectivity index (χ0v) is 12.1. The highest BCUT2D eigenvalue weighted by Gasteiger charge is 2.37. The lowest BCUT2D eigenvalue weighted by Crippen LogP contribution is -2.35. The van der Waals surface area contributed by atoms with Gasteiger partial charge in [0, 0.05) is 19.5 Å². The van der Waals surface area contributed by atoms with Crippen LogP contribution in [-0.4, -0.2) is 21.3 Å². The van der Waals surface area contributed by atoms with Crippen LogP contribution in [0.3, 0.4) is 0 Å². The molecule has 19 heavy (non-hydrogen) atoms. The van der Waals surface area contributed by atoms with Crippen molar-refractivity contribution in [2.45, 2.75) is 70.9 Å². The Morgan fingerprint density at radius 1 is 1.16 bits per heavy atom. The third-order valence-electron chi connectivity index (χ3n) is 4.43. The molecule has 2 heterocycles. The highest BCUT2D eigenvalue weighted by atomic mass is 15.3. The van der Waals surface area contributed by atoms with E-state index in [1.54, 1.807) is 0 Å². The van der Waals surface area contributed by atoms with Crippen molar-refractivity contribution in [1.29, 1.82) is 0 Å². The van der Waals surface area contributed by atoms with Crippen LogP contribution in [0, 0.1) is 5.92 Å². The number of hydrogen-bond donors (Lipinski definition) is 1. The highest BCUT2D eigenvalue weighted by molar-refractivity contribution is 5.08. The third kappa shape index (κ3) is 2.99. The molecule has 106 valence electrons. The van der Waals surface area contributed by atoms with Crippen molar-refractivity contribution in [3.05, 3.63) is 11.6 Å². The van der Waals surface area contributed by atoms with Gasteiger partial charge in [0.1, 0.15) is 5.82 Å². The first-order valence-electron chi connectivity index (χ1n) is 8.05. The van der Waals surface area contributed by atoms with E-state index in [9.17, 15) is 0 Å². The normalized spacial score (nSPS) is 22.5. The summed E-state index contributed by atoms with van der Waals surface area (Å²) in [5.41, 5.74) is 0. The Balaban J connectivity index is 1.57. The summed E-state index contributed by atoms with van der Waals surface area (Å²) in [5.74, 6) is 3.25. The van der Waals surface area contributed by atoms with Crippen molar-refractivity contribution in [2.75, 3.05) is 6.54 Å². The molecule has 2 aliphatic rings. The van der Waals surface area contributed by atoms with Gasteiger partial charge in [0.25, 0.3) is 0 Å². The Hall–Kier alpha value is -0.900. The molecule has 0 bridgehead atoms. The lowest BCUT2D eigenvalue weighted by atomic mass is 10.1. The minimum atomic E-state index is 0.482. The number of rotatable bonds is 7. The second kappa shape index (κ2) is 6.04. The van der Waals surface area contributed by atoms with Gasteiger partial charge in [0.2, 0.25) is 0 Å². The van der Waals surface area contributed by atoms with E-state index in [2.05, 4.69) is 27.0 Å². The minimum Gasteiger partial charge on any atom is -0.312 e. The van der Waals surface area contributed by atoms with E-state index in [1.165, 1.54) is 56.6 Å². The average Bonchev–Trinajstić information content (AvgIpc) is 3.20. The first kappa shape index (κ1) is 13.1. The number of fused-ring (bicyclic) bond motifs is 1. The van der Waals surface area contributed by atoms with Crippen LogP contribution in [0.4, 0.5) is 0 Å². The molecule has 0 spiro atoms. The first-order chi connectivity index (χ1) is 9.40. The molecule has 0 amide bonds. The van der Waals surface area contributed by atoms with Crippen molar-refractivity contribution in [2.24, 2.45) is 5.92 Å². The van der Waals surface area contributed by atoms with Crippen molar-refractivity contribution in [1.82, 2.24) is 20.1 Å². The van der Waals surface area contributed by atoms with E-state index >= 15 is 0 Å². The van der Waals surface area contributed by atoms with Gasteiger partial charge in [-0.3, -0.25) is 0 Å². The molecule has 1 aliphatic heterocycles. The predicted octanol–water partition coefficient (Wildman–Crippen LogP) is 2.85. The van der Waals surface area contributed by atoms with Crippen LogP contribution in [-0.2, 0) is 13.0 Å². The molecule has 1 atom stereocenters. The number of nitrogens with zero attached hydrogens (tertiary/aromatic N) is 3. The Morgan fingerprint density at radius 3 is 2.79 bits per heavy atom. The molecule has 1 aromatic heterocycles. The van der Waals surface area contributed by atoms with Gasteiger partial charge >= 0.3 is 0 Å². The molecule has 4 heteroatoms. The second-order valence-electron chi connectivity index (χ2n) is 6.06. The predicted molar refractivity (Wildman–Crippen MR) is 76.0 cm³/mol. The zero-order valence-electron chi connectivity index (χ0n) is 12.1. The van der Waals surface area contributed by atoms with E-state index in [0.29, 0.717) is 6.04 Å². The van der Waals surface area contributed by atoms with Gasteiger partial charge < -0.3 is 9.88 Å². The van der Waals surface area contributed by atoms with Gasteiger partial charge in [-0.1, -0.05) is 32.6 Å². The molecule has 1 fully saturated rings. The van der Waals surface area contributed by atoms with Crippen LogP contribution in [0.5, 0.6) is 0 Å². The van der Waals surface area contributed by atoms with E-state index in [-0.39, 0.29) is 0 Å². The quantitative estimate of drug-likeness (QED) is 0.768. The molecule has 1 aliphatic carbocycles. The molecular formula is C15H26N4. The lowest BCUT2D eigenvalue weighted by molar-refractivity contribution is 0.376. The molecule has 1 N–H and O–H groups in total. The van der Waals surface area contributed by atoms with Crippen LogP contribution in [0.15, 0.2) is 0 Å². The van der Waals surface area contributed by atoms with Crippen LogP contribution in [0.2, 0.25) is 0 Å². The zero-order chi connectivity index (χ0) is 13.1. The van der Waals surface area contributed by atoms with Crippen molar-refractivity contribution in [3.63, 3.8) is 0 Å². The summed E-state index contributed by atoms with van der Waals surface area (Å²) < 4.78 is 2.39. The average molecular weight is 262 g/mol. The summed E-state index contributed by atoms with van der Waals surface area (Å²) in [5, 5.41) is 12.5. The van der Waals surface area contributed by atoms with Crippen molar-refractivity contribution in [3.8, 4) is 0 Å². The highest BCUT2D eigenvalue weighted by Crippen LogP contribution is 2.41. The third-order valence-corrected chi connectivity index (χ3v) is 4.43. The van der Waals surface area contributed by atoms with Crippen LogP contribution in [0.1, 0.15) is 69.6 Å². The molecule has 1 saturated carbocycles. The van der Waals surface area contributed by atoms with E-state index in [1.807, 2.05) is 0 Å². The Kier molecular flexibility index (Phi) is 4.16. The largest absolute Gasteiger partial charge is 0.312 e. The van der Waals surface area contributed by atoms with Crippen LogP contribution >= 0.6 is 0 Å². The van der Waals surface area contributed by atoms with Gasteiger partial charge in [-0.2, -0.15) is 0 Å². The fourth-order valence-electron chi connectivity index (χ4n) is 3.12. The molecular weight excluding hydrogens is 236 g/mol. The van der Waals surface area contributed by atoms with Crippen LogP contribution < -0.4 is 5.32 Å².